The lowest BCUT2D eigenvalue weighted by atomic mass is 10.2. The molecule has 0 radical (unpaired) electrons. The van der Waals surface area contributed by atoms with Gasteiger partial charge in [-0.3, -0.25) is 4.79 Å². The van der Waals surface area contributed by atoms with Crippen molar-refractivity contribution in [1.82, 2.24) is 14.8 Å². The predicted molar refractivity (Wildman–Crippen MR) is 81.1 cm³/mol. The van der Waals surface area contributed by atoms with Crippen LogP contribution in [0, 0.1) is 0 Å². The van der Waals surface area contributed by atoms with Crippen LogP contribution in [0.5, 0.6) is 5.75 Å². The number of carbonyl (C=O) groups is 1. The highest BCUT2D eigenvalue weighted by atomic mass is 79.9. The van der Waals surface area contributed by atoms with E-state index >= 15 is 0 Å². The fraction of sp³-hybridized carbons (Fsp3) is 0.357. The molecule has 0 unspecified atom stereocenters. The van der Waals surface area contributed by atoms with Crippen molar-refractivity contribution in [1.29, 1.82) is 0 Å². The molecule has 20 heavy (non-hydrogen) atoms. The molecule has 0 atom stereocenters. The summed E-state index contributed by atoms with van der Waals surface area (Å²) in [5, 5.41) is 10.5. The van der Waals surface area contributed by atoms with Crippen LogP contribution in [0.4, 0.5) is 0 Å². The number of hydrogen-bond donors (Lipinski definition) is 2. The summed E-state index contributed by atoms with van der Waals surface area (Å²) in [6, 6.07) is 5.23. The lowest BCUT2D eigenvalue weighted by Crippen LogP contribution is -2.47. The van der Waals surface area contributed by atoms with Crippen molar-refractivity contribution in [3.63, 3.8) is 0 Å². The first kappa shape index (κ1) is 13.5. The van der Waals surface area contributed by atoms with Gasteiger partial charge in [0, 0.05) is 37.1 Å². The van der Waals surface area contributed by atoms with Crippen LogP contribution in [0.25, 0.3) is 10.9 Å². The average Bonchev–Trinajstić information content (AvgIpc) is 2.82. The van der Waals surface area contributed by atoms with Gasteiger partial charge in [-0.1, -0.05) is 0 Å². The largest absolute Gasteiger partial charge is 0.507 e. The van der Waals surface area contributed by atoms with E-state index in [9.17, 15) is 9.90 Å². The normalized spacial score (nSPS) is 16.8. The number of halogens is 1. The number of nitrogens with zero attached hydrogens (tertiary/aromatic N) is 2. The first-order valence-electron chi connectivity index (χ1n) is 6.53. The number of nitrogens with one attached hydrogen (secondary N) is 1. The van der Waals surface area contributed by atoms with E-state index in [2.05, 4.69) is 32.9 Å². The van der Waals surface area contributed by atoms with Crippen molar-refractivity contribution in [3.8, 4) is 5.75 Å². The van der Waals surface area contributed by atoms with Gasteiger partial charge in [-0.15, -0.1) is 0 Å². The van der Waals surface area contributed by atoms with Gasteiger partial charge in [-0.2, -0.15) is 0 Å². The van der Waals surface area contributed by atoms with Gasteiger partial charge in [-0.25, -0.2) is 0 Å². The van der Waals surface area contributed by atoms with E-state index in [4.69, 9.17) is 0 Å². The topological polar surface area (TPSA) is 59.6 Å². The summed E-state index contributed by atoms with van der Waals surface area (Å²) in [4.78, 5) is 19.6. The number of hydrogen-bond acceptors (Lipinski definition) is 3. The Kier molecular flexibility index (Phi) is 3.43. The number of H-pyrrole nitrogens is 1. The van der Waals surface area contributed by atoms with Crippen LogP contribution in [0.3, 0.4) is 0 Å². The summed E-state index contributed by atoms with van der Waals surface area (Å²) in [7, 11) is 2.06. The number of amides is 1. The molecule has 2 heterocycles. The van der Waals surface area contributed by atoms with Gasteiger partial charge in [0.05, 0.1) is 4.47 Å². The second kappa shape index (κ2) is 5.10. The number of phenolic OH excluding ortho intramolecular Hbond substituents is 1. The van der Waals surface area contributed by atoms with Crippen molar-refractivity contribution < 1.29 is 9.90 Å². The molecule has 2 aromatic rings. The Bertz CT molecular complexity index is 621. The Morgan fingerprint density at radius 1 is 1.25 bits per heavy atom. The van der Waals surface area contributed by atoms with Gasteiger partial charge in [0.25, 0.3) is 5.91 Å². The van der Waals surface area contributed by atoms with Gasteiger partial charge in [0.1, 0.15) is 11.4 Å². The third-order valence-electron chi connectivity index (χ3n) is 3.71. The van der Waals surface area contributed by atoms with Gasteiger partial charge in [-0.05, 0) is 41.2 Å². The van der Waals surface area contributed by atoms with Crippen LogP contribution >= 0.6 is 15.9 Å². The van der Waals surface area contributed by atoms with E-state index in [1.54, 1.807) is 18.2 Å². The third-order valence-corrected chi connectivity index (χ3v) is 4.34. The maximum atomic E-state index is 12.4. The number of rotatable bonds is 1. The van der Waals surface area contributed by atoms with Crippen LogP contribution in [-0.2, 0) is 0 Å². The highest BCUT2D eigenvalue weighted by Crippen LogP contribution is 2.29. The molecule has 1 amide bonds. The van der Waals surface area contributed by atoms with Crippen LogP contribution in [0.15, 0.2) is 22.7 Å². The number of fused-ring (bicyclic) bond motifs is 1. The summed E-state index contributed by atoms with van der Waals surface area (Å²) in [6.45, 7) is 3.30. The predicted octanol–water partition coefficient (Wildman–Crippen LogP) is 2.02. The molecule has 0 aliphatic carbocycles. The molecule has 0 saturated carbocycles. The molecule has 1 aromatic heterocycles. The number of aromatic nitrogens is 1. The Hall–Kier alpha value is -1.53. The van der Waals surface area contributed by atoms with Gasteiger partial charge in [0.15, 0.2) is 0 Å². The number of phenols is 1. The highest BCUT2D eigenvalue weighted by Gasteiger charge is 2.21. The summed E-state index contributed by atoms with van der Waals surface area (Å²) in [6.07, 6.45) is 0. The van der Waals surface area contributed by atoms with Gasteiger partial charge >= 0.3 is 0 Å². The standard InChI is InChI=1S/C14H16BrN3O2/c1-17-2-4-18(5-3-17)14(20)12-6-9-7-13(19)10(15)8-11(9)16-12/h6-8,16,19H,2-5H2,1H3. The van der Waals surface area contributed by atoms with Crippen LogP contribution in [0.1, 0.15) is 10.5 Å². The number of carbonyl (C=O) groups excluding carboxylic acids is 1. The molecule has 2 N–H and O–H groups in total. The minimum absolute atomic E-state index is 0.0184. The van der Waals surface area contributed by atoms with E-state index < -0.39 is 0 Å². The van der Waals surface area contributed by atoms with Gasteiger partial charge in [0.2, 0.25) is 0 Å². The van der Waals surface area contributed by atoms with E-state index in [0.717, 1.165) is 37.1 Å². The van der Waals surface area contributed by atoms with E-state index in [-0.39, 0.29) is 11.7 Å². The lowest BCUT2D eigenvalue weighted by Gasteiger charge is -2.32. The second-order valence-electron chi connectivity index (χ2n) is 5.17. The lowest BCUT2D eigenvalue weighted by molar-refractivity contribution is 0.0659. The Labute approximate surface area is 125 Å². The Morgan fingerprint density at radius 2 is 1.95 bits per heavy atom. The molecular formula is C14H16BrN3O2. The smallest absolute Gasteiger partial charge is 0.270 e. The second-order valence-corrected chi connectivity index (χ2v) is 6.02. The molecular weight excluding hydrogens is 322 g/mol. The summed E-state index contributed by atoms with van der Waals surface area (Å²) < 4.78 is 0.616. The van der Waals surface area contributed by atoms with E-state index in [1.165, 1.54) is 0 Å². The quantitative estimate of drug-likeness (QED) is 0.836. The zero-order valence-electron chi connectivity index (χ0n) is 11.2. The molecule has 0 bridgehead atoms. The average molecular weight is 338 g/mol. The van der Waals surface area contributed by atoms with Crippen molar-refractivity contribution >= 4 is 32.7 Å². The fourth-order valence-electron chi connectivity index (χ4n) is 2.44. The van der Waals surface area contributed by atoms with Crippen LogP contribution < -0.4 is 0 Å². The van der Waals surface area contributed by atoms with Crippen molar-refractivity contribution in [2.24, 2.45) is 0 Å². The molecule has 106 valence electrons. The summed E-state index contributed by atoms with van der Waals surface area (Å²) in [5.41, 5.74) is 1.41. The minimum atomic E-state index is 0.0184. The number of aromatic amines is 1. The monoisotopic (exact) mass is 337 g/mol. The van der Waals surface area contributed by atoms with Crippen molar-refractivity contribution in [2.45, 2.75) is 0 Å². The van der Waals surface area contributed by atoms with Crippen LogP contribution in [0.2, 0.25) is 0 Å². The van der Waals surface area contributed by atoms with Crippen LogP contribution in [-0.4, -0.2) is 59.0 Å². The fourth-order valence-corrected chi connectivity index (χ4v) is 2.78. The van der Waals surface area contributed by atoms with Gasteiger partial charge < -0.3 is 19.9 Å². The van der Waals surface area contributed by atoms with E-state index in [0.29, 0.717) is 10.2 Å². The maximum absolute atomic E-state index is 12.4. The highest BCUT2D eigenvalue weighted by molar-refractivity contribution is 9.10. The zero-order valence-corrected chi connectivity index (χ0v) is 12.8. The first-order valence-corrected chi connectivity index (χ1v) is 7.33. The zero-order chi connectivity index (χ0) is 14.3. The molecule has 0 spiro atoms. The number of likely N-dealkylation sites (N-methyl/N-ethyl adjacent to an activating group) is 1. The third kappa shape index (κ3) is 2.41. The molecule has 6 heteroatoms. The Morgan fingerprint density at radius 3 is 2.65 bits per heavy atom. The number of piperazine rings is 1. The minimum Gasteiger partial charge on any atom is -0.507 e. The van der Waals surface area contributed by atoms with Crippen molar-refractivity contribution in [3.05, 3.63) is 28.4 Å². The molecule has 1 aliphatic rings. The maximum Gasteiger partial charge on any atom is 0.270 e. The Balaban J connectivity index is 1.88. The SMILES string of the molecule is CN1CCN(C(=O)c2cc3cc(O)c(Br)cc3[nH]2)CC1. The molecule has 5 nitrogen and oxygen atoms in total. The summed E-state index contributed by atoms with van der Waals surface area (Å²) in [5.74, 6) is 0.194. The molecule has 1 fully saturated rings. The number of benzene rings is 1. The first-order chi connectivity index (χ1) is 9.54. The van der Waals surface area contributed by atoms with Crippen molar-refractivity contribution in [2.75, 3.05) is 33.2 Å². The summed E-state index contributed by atoms with van der Waals surface area (Å²) >= 11 is 3.27. The molecule has 3 rings (SSSR count). The number of aromatic hydroxyl groups is 1. The molecule has 1 aromatic carbocycles. The van der Waals surface area contributed by atoms with E-state index in [1.807, 2.05) is 4.90 Å². The molecule has 1 saturated heterocycles. The molecule has 1 aliphatic heterocycles.